The van der Waals surface area contributed by atoms with Crippen LogP contribution in [0.25, 0.3) is 0 Å². The molecule has 1 amide bonds. The van der Waals surface area contributed by atoms with Crippen molar-refractivity contribution >= 4 is 11.6 Å². The van der Waals surface area contributed by atoms with Crippen LogP contribution >= 0.6 is 0 Å². The number of rotatable bonds is 4. The molecule has 1 aliphatic carbocycles. The first kappa shape index (κ1) is 12.7. The molecular weight excluding hydrogens is 228 g/mol. The molecule has 2 rings (SSSR count). The van der Waals surface area contributed by atoms with E-state index in [4.69, 9.17) is 10.5 Å². The summed E-state index contributed by atoms with van der Waals surface area (Å²) in [6.07, 6.45) is 1.03. The quantitative estimate of drug-likeness (QED) is 0.803. The monoisotopic (exact) mass is 248 g/mol. The highest BCUT2D eigenvalue weighted by molar-refractivity contribution is 5.95. The molecule has 18 heavy (non-hydrogen) atoms. The molecule has 4 heteroatoms. The largest absolute Gasteiger partial charge is 0.492 e. The van der Waals surface area contributed by atoms with Crippen LogP contribution in [0.15, 0.2) is 18.2 Å². The zero-order valence-electron chi connectivity index (χ0n) is 11.1. The molecule has 1 aliphatic rings. The van der Waals surface area contributed by atoms with Crippen molar-refractivity contribution in [1.29, 1.82) is 0 Å². The summed E-state index contributed by atoms with van der Waals surface area (Å²) in [6, 6.07) is 5.42. The zero-order valence-corrected chi connectivity index (χ0v) is 11.1. The fourth-order valence-corrected chi connectivity index (χ4v) is 1.93. The summed E-state index contributed by atoms with van der Waals surface area (Å²) in [6.45, 7) is 6.75. The number of ether oxygens (including phenoxy) is 1. The molecule has 4 nitrogen and oxygen atoms in total. The van der Waals surface area contributed by atoms with E-state index in [1.165, 1.54) is 0 Å². The lowest BCUT2D eigenvalue weighted by Gasteiger charge is -2.10. The number of amides is 1. The molecule has 1 atom stereocenters. The molecule has 3 N–H and O–H groups in total. The molecule has 0 bridgehead atoms. The molecule has 1 aromatic carbocycles. The number of nitrogen functional groups attached to an aromatic ring is 1. The van der Waals surface area contributed by atoms with E-state index in [0.717, 1.165) is 6.42 Å². The minimum absolute atomic E-state index is 0.0691. The van der Waals surface area contributed by atoms with Gasteiger partial charge in [0.05, 0.1) is 12.3 Å². The summed E-state index contributed by atoms with van der Waals surface area (Å²) < 4.78 is 5.34. The molecule has 1 saturated carbocycles. The molecule has 0 saturated heterocycles. The smallest absolute Gasteiger partial charge is 0.251 e. The first-order valence-corrected chi connectivity index (χ1v) is 6.27. The fraction of sp³-hybridized carbons (Fsp3) is 0.500. The second kappa shape index (κ2) is 4.52. The third-order valence-electron chi connectivity index (χ3n) is 3.39. The van der Waals surface area contributed by atoms with Gasteiger partial charge in [0.1, 0.15) is 5.75 Å². The highest BCUT2D eigenvalue weighted by Crippen LogP contribution is 2.44. The highest BCUT2D eigenvalue weighted by atomic mass is 16.5. The average molecular weight is 248 g/mol. The average Bonchev–Trinajstić information content (AvgIpc) is 2.89. The summed E-state index contributed by atoms with van der Waals surface area (Å²) in [7, 11) is 0. The second-order valence-electron chi connectivity index (χ2n) is 5.40. The Labute approximate surface area is 108 Å². The van der Waals surface area contributed by atoms with Crippen LogP contribution in [0.4, 0.5) is 5.69 Å². The number of anilines is 1. The van der Waals surface area contributed by atoms with E-state index in [-0.39, 0.29) is 17.4 Å². The first-order chi connectivity index (χ1) is 8.44. The second-order valence-corrected chi connectivity index (χ2v) is 5.40. The Morgan fingerprint density at radius 3 is 2.72 bits per heavy atom. The lowest BCUT2D eigenvalue weighted by molar-refractivity contribution is 0.0946. The summed E-state index contributed by atoms with van der Waals surface area (Å²) in [4.78, 5) is 12.0. The van der Waals surface area contributed by atoms with Gasteiger partial charge < -0.3 is 15.8 Å². The maximum atomic E-state index is 12.0. The van der Waals surface area contributed by atoms with Crippen molar-refractivity contribution < 1.29 is 9.53 Å². The Kier molecular flexibility index (Phi) is 3.20. The Bertz CT molecular complexity index is 469. The number of hydrogen-bond acceptors (Lipinski definition) is 3. The number of nitrogens with two attached hydrogens (primary N) is 1. The van der Waals surface area contributed by atoms with Crippen LogP contribution in [0.1, 0.15) is 37.6 Å². The third-order valence-corrected chi connectivity index (χ3v) is 3.39. The SMILES string of the molecule is CCOc1ccc(C(=O)NC2CC2(C)C)cc1N. The lowest BCUT2D eigenvalue weighted by Crippen LogP contribution is -2.28. The predicted octanol–water partition coefficient (Wildman–Crippen LogP) is 2.20. The van der Waals surface area contributed by atoms with E-state index in [1.54, 1.807) is 18.2 Å². The van der Waals surface area contributed by atoms with Gasteiger partial charge in [0.2, 0.25) is 0 Å². The molecule has 98 valence electrons. The van der Waals surface area contributed by atoms with Crippen LogP contribution in [0.2, 0.25) is 0 Å². The molecule has 0 aliphatic heterocycles. The Hall–Kier alpha value is -1.71. The van der Waals surface area contributed by atoms with Crippen LogP contribution in [-0.2, 0) is 0 Å². The highest BCUT2D eigenvalue weighted by Gasteiger charge is 2.46. The fourth-order valence-electron chi connectivity index (χ4n) is 1.93. The molecule has 0 heterocycles. The summed E-state index contributed by atoms with van der Waals surface area (Å²) in [5, 5.41) is 3.00. The van der Waals surface area contributed by atoms with Crippen molar-refractivity contribution in [1.82, 2.24) is 5.32 Å². The van der Waals surface area contributed by atoms with Crippen molar-refractivity contribution in [2.75, 3.05) is 12.3 Å². The zero-order chi connectivity index (χ0) is 13.3. The molecule has 1 aromatic rings. The summed E-state index contributed by atoms with van der Waals surface area (Å²) >= 11 is 0. The van der Waals surface area contributed by atoms with Gasteiger partial charge in [-0.15, -0.1) is 0 Å². The van der Waals surface area contributed by atoms with Gasteiger partial charge >= 0.3 is 0 Å². The summed E-state index contributed by atoms with van der Waals surface area (Å²) in [5.41, 5.74) is 7.15. The maximum Gasteiger partial charge on any atom is 0.251 e. The van der Waals surface area contributed by atoms with Crippen LogP contribution in [0, 0.1) is 5.41 Å². The summed E-state index contributed by atoms with van der Waals surface area (Å²) in [5.74, 6) is 0.557. The normalized spacial score (nSPS) is 20.3. The molecule has 1 unspecified atom stereocenters. The minimum atomic E-state index is -0.0691. The van der Waals surface area contributed by atoms with Crippen LogP contribution < -0.4 is 15.8 Å². The van der Waals surface area contributed by atoms with Gasteiger partial charge in [-0.25, -0.2) is 0 Å². The Morgan fingerprint density at radius 2 is 2.22 bits per heavy atom. The van der Waals surface area contributed by atoms with Crippen molar-refractivity contribution in [3.8, 4) is 5.75 Å². The standard InChI is InChI=1S/C14H20N2O2/c1-4-18-11-6-5-9(7-10(11)15)13(17)16-12-8-14(12,2)3/h5-7,12H,4,8,15H2,1-3H3,(H,16,17). The molecule has 0 aromatic heterocycles. The third kappa shape index (κ3) is 2.58. The van der Waals surface area contributed by atoms with Crippen LogP contribution in [-0.4, -0.2) is 18.6 Å². The molecule has 0 spiro atoms. The maximum absolute atomic E-state index is 12.0. The number of nitrogens with one attached hydrogen (secondary N) is 1. The topological polar surface area (TPSA) is 64.3 Å². The van der Waals surface area contributed by atoms with Crippen molar-refractivity contribution in [3.63, 3.8) is 0 Å². The van der Waals surface area contributed by atoms with Crippen molar-refractivity contribution in [2.24, 2.45) is 5.41 Å². The minimum Gasteiger partial charge on any atom is -0.492 e. The van der Waals surface area contributed by atoms with Crippen molar-refractivity contribution in [3.05, 3.63) is 23.8 Å². The Balaban J connectivity index is 2.05. The number of carbonyl (C=O) groups is 1. The number of hydrogen-bond donors (Lipinski definition) is 2. The van der Waals surface area contributed by atoms with E-state index < -0.39 is 0 Å². The number of benzene rings is 1. The Morgan fingerprint density at radius 1 is 1.56 bits per heavy atom. The van der Waals surface area contributed by atoms with Gasteiger partial charge in [-0.3, -0.25) is 4.79 Å². The van der Waals surface area contributed by atoms with Crippen LogP contribution in [0.5, 0.6) is 5.75 Å². The van der Waals surface area contributed by atoms with Gasteiger partial charge in [-0.2, -0.15) is 0 Å². The molecule has 0 radical (unpaired) electrons. The van der Waals surface area contributed by atoms with Crippen LogP contribution in [0.3, 0.4) is 0 Å². The molecule has 1 fully saturated rings. The van der Waals surface area contributed by atoms with Gasteiger partial charge in [0.15, 0.2) is 0 Å². The molecular formula is C14H20N2O2. The van der Waals surface area contributed by atoms with Crippen molar-refractivity contribution in [2.45, 2.75) is 33.2 Å². The van der Waals surface area contributed by atoms with Gasteiger partial charge in [0.25, 0.3) is 5.91 Å². The van der Waals surface area contributed by atoms with E-state index in [0.29, 0.717) is 23.6 Å². The van der Waals surface area contributed by atoms with Gasteiger partial charge in [-0.05, 0) is 37.0 Å². The van der Waals surface area contributed by atoms with Gasteiger partial charge in [-0.1, -0.05) is 13.8 Å². The van der Waals surface area contributed by atoms with E-state index in [9.17, 15) is 4.79 Å². The number of carbonyl (C=O) groups excluding carboxylic acids is 1. The van der Waals surface area contributed by atoms with Gasteiger partial charge in [0, 0.05) is 11.6 Å². The first-order valence-electron chi connectivity index (χ1n) is 6.27. The van der Waals surface area contributed by atoms with E-state index in [1.807, 2.05) is 6.92 Å². The van der Waals surface area contributed by atoms with E-state index in [2.05, 4.69) is 19.2 Å². The lowest BCUT2D eigenvalue weighted by atomic mass is 10.1. The van der Waals surface area contributed by atoms with E-state index >= 15 is 0 Å². The predicted molar refractivity (Wildman–Crippen MR) is 71.7 cm³/mol.